The first-order chi connectivity index (χ1) is 19.5. The van der Waals surface area contributed by atoms with Crippen LogP contribution in [-0.2, 0) is 6.18 Å². The van der Waals surface area contributed by atoms with E-state index in [4.69, 9.17) is 9.72 Å². The average Bonchev–Trinajstić information content (AvgIpc) is 2.95. The van der Waals surface area contributed by atoms with E-state index in [0.29, 0.717) is 47.6 Å². The van der Waals surface area contributed by atoms with Crippen LogP contribution in [0.1, 0.15) is 51.0 Å². The summed E-state index contributed by atoms with van der Waals surface area (Å²) in [5, 5.41) is 3.16. The number of methoxy groups -OCH3 is 1. The molecule has 4 aromatic rings. The average molecular weight is 567 g/mol. The summed E-state index contributed by atoms with van der Waals surface area (Å²) in [4.78, 5) is 34.2. The molecule has 0 saturated heterocycles. The Morgan fingerprint density at radius 1 is 1.02 bits per heavy atom. The molecule has 0 saturated carbocycles. The zero-order chi connectivity index (χ0) is 29.7. The lowest BCUT2D eigenvalue weighted by molar-refractivity contribution is -0.137. The molecule has 0 fully saturated rings. The normalized spacial score (nSPS) is 12.4. The van der Waals surface area contributed by atoms with Gasteiger partial charge < -0.3 is 15.0 Å². The van der Waals surface area contributed by atoms with Crippen LogP contribution in [0.4, 0.5) is 23.7 Å². The number of carbonyl (C=O) groups excluding carboxylic acids is 1. The number of anilines is 1. The highest BCUT2D eigenvalue weighted by molar-refractivity contribution is 5.89. The van der Waals surface area contributed by atoms with Crippen molar-refractivity contribution in [2.24, 2.45) is 5.92 Å². The van der Waals surface area contributed by atoms with Gasteiger partial charge in [0.15, 0.2) is 0 Å². The third-order valence-electron chi connectivity index (χ3n) is 6.86. The molecule has 0 aliphatic heterocycles. The maximum absolute atomic E-state index is 14.0. The lowest BCUT2D eigenvalue weighted by atomic mass is 10.1. The van der Waals surface area contributed by atoms with Crippen LogP contribution in [0.5, 0.6) is 5.75 Å². The number of rotatable bonds is 9. The standard InChI is InChI=1S/C31H33F3N4O3/c1-5-25(37(19-18-20(2)3)30(40)35-22-16-14-21(15-17-22)31(32,33)34)28-36-24-11-7-6-10-23(24)29(39)38(28)26-12-8-9-13-27(26)41-4/h6-17,20,25H,5,18-19H2,1-4H3,(H,35,40). The zero-order valence-electron chi connectivity index (χ0n) is 23.4. The van der Waals surface area contributed by atoms with Crippen molar-refractivity contribution < 1.29 is 22.7 Å². The highest BCUT2D eigenvalue weighted by Gasteiger charge is 2.32. The van der Waals surface area contributed by atoms with Gasteiger partial charge in [-0.2, -0.15) is 13.2 Å². The van der Waals surface area contributed by atoms with E-state index in [9.17, 15) is 22.8 Å². The number of halogens is 3. The number of fused-ring (bicyclic) bond motifs is 1. The quantitative estimate of drug-likeness (QED) is 0.228. The van der Waals surface area contributed by atoms with E-state index in [1.54, 1.807) is 53.4 Å². The van der Waals surface area contributed by atoms with E-state index < -0.39 is 23.8 Å². The molecular weight excluding hydrogens is 533 g/mol. The molecule has 7 nitrogen and oxygen atoms in total. The molecule has 41 heavy (non-hydrogen) atoms. The molecule has 0 bridgehead atoms. The second-order valence-corrected chi connectivity index (χ2v) is 10.1. The molecule has 2 amide bonds. The van der Waals surface area contributed by atoms with Crippen LogP contribution in [0.2, 0.25) is 0 Å². The summed E-state index contributed by atoms with van der Waals surface area (Å²) in [5.74, 6) is 1.08. The number of hydrogen-bond acceptors (Lipinski definition) is 4. The van der Waals surface area contributed by atoms with E-state index in [-0.39, 0.29) is 17.2 Å². The maximum Gasteiger partial charge on any atom is 0.416 e. The third-order valence-corrected chi connectivity index (χ3v) is 6.86. The highest BCUT2D eigenvalue weighted by atomic mass is 19.4. The van der Waals surface area contributed by atoms with Crippen LogP contribution in [0.15, 0.2) is 77.6 Å². The van der Waals surface area contributed by atoms with Gasteiger partial charge in [-0.05, 0) is 67.3 Å². The minimum Gasteiger partial charge on any atom is -0.495 e. The van der Waals surface area contributed by atoms with Gasteiger partial charge in [0.05, 0.1) is 35.3 Å². The fraction of sp³-hybridized carbons (Fsp3) is 0.323. The van der Waals surface area contributed by atoms with Crippen LogP contribution in [-0.4, -0.2) is 34.1 Å². The van der Waals surface area contributed by atoms with Gasteiger partial charge in [0, 0.05) is 12.2 Å². The Labute approximate surface area is 236 Å². The Bertz CT molecular complexity index is 1570. The number of nitrogens with zero attached hydrogens (tertiary/aromatic N) is 3. The van der Waals surface area contributed by atoms with E-state index in [2.05, 4.69) is 5.32 Å². The van der Waals surface area contributed by atoms with Crippen molar-refractivity contribution in [3.63, 3.8) is 0 Å². The smallest absolute Gasteiger partial charge is 0.416 e. The summed E-state index contributed by atoms with van der Waals surface area (Å²) >= 11 is 0. The summed E-state index contributed by atoms with van der Waals surface area (Å²) in [6.45, 7) is 6.29. The van der Waals surface area contributed by atoms with Crippen molar-refractivity contribution in [3.05, 3.63) is 94.5 Å². The minimum atomic E-state index is -4.48. The van der Waals surface area contributed by atoms with Crippen LogP contribution >= 0.6 is 0 Å². The number of hydrogen-bond donors (Lipinski definition) is 1. The van der Waals surface area contributed by atoms with Crippen molar-refractivity contribution in [2.45, 2.75) is 45.8 Å². The maximum atomic E-state index is 14.0. The Morgan fingerprint density at radius 3 is 2.32 bits per heavy atom. The minimum absolute atomic E-state index is 0.223. The predicted molar refractivity (Wildman–Crippen MR) is 154 cm³/mol. The van der Waals surface area contributed by atoms with E-state index in [0.717, 1.165) is 12.1 Å². The first-order valence-electron chi connectivity index (χ1n) is 13.4. The van der Waals surface area contributed by atoms with E-state index in [1.807, 2.05) is 20.8 Å². The second kappa shape index (κ2) is 12.4. The lowest BCUT2D eigenvalue weighted by Crippen LogP contribution is -2.41. The number of urea groups is 1. The van der Waals surface area contributed by atoms with Gasteiger partial charge in [-0.25, -0.2) is 9.78 Å². The van der Waals surface area contributed by atoms with Gasteiger partial charge in [-0.1, -0.05) is 45.0 Å². The topological polar surface area (TPSA) is 76.5 Å². The van der Waals surface area contributed by atoms with Crippen LogP contribution in [0.3, 0.4) is 0 Å². The summed E-state index contributed by atoms with van der Waals surface area (Å²) in [7, 11) is 1.52. The van der Waals surface area contributed by atoms with Gasteiger partial charge in [-0.3, -0.25) is 9.36 Å². The summed E-state index contributed by atoms with van der Waals surface area (Å²) < 4.78 is 46.2. The molecule has 3 aromatic carbocycles. The van der Waals surface area contributed by atoms with Crippen LogP contribution in [0.25, 0.3) is 16.6 Å². The molecule has 1 atom stereocenters. The van der Waals surface area contributed by atoms with Crippen LogP contribution in [0, 0.1) is 5.92 Å². The Morgan fingerprint density at radius 2 is 1.68 bits per heavy atom. The highest BCUT2D eigenvalue weighted by Crippen LogP contribution is 2.32. The predicted octanol–water partition coefficient (Wildman–Crippen LogP) is 7.44. The molecule has 0 aliphatic rings. The summed E-state index contributed by atoms with van der Waals surface area (Å²) in [6.07, 6.45) is -3.41. The van der Waals surface area contributed by atoms with Crippen molar-refractivity contribution in [3.8, 4) is 11.4 Å². The second-order valence-electron chi connectivity index (χ2n) is 10.1. The summed E-state index contributed by atoms with van der Waals surface area (Å²) in [5.41, 5.74) is 0.0870. The number of alkyl halides is 3. The Kier molecular flexibility index (Phi) is 9.00. The lowest BCUT2D eigenvalue weighted by Gasteiger charge is -2.33. The van der Waals surface area contributed by atoms with Crippen molar-refractivity contribution in [2.75, 3.05) is 19.0 Å². The molecule has 0 spiro atoms. The van der Waals surface area contributed by atoms with Crippen LogP contribution < -0.4 is 15.6 Å². The molecule has 1 heterocycles. The molecular formula is C31H33F3N4O3. The van der Waals surface area contributed by atoms with Gasteiger partial charge in [0.2, 0.25) is 0 Å². The monoisotopic (exact) mass is 566 g/mol. The van der Waals surface area contributed by atoms with Crippen molar-refractivity contribution >= 4 is 22.6 Å². The number of amides is 2. The molecule has 0 radical (unpaired) electrons. The molecule has 0 aliphatic carbocycles. The molecule has 216 valence electrons. The summed E-state index contributed by atoms with van der Waals surface area (Å²) in [6, 6.07) is 17.2. The van der Waals surface area contributed by atoms with Crippen molar-refractivity contribution in [1.29, 1.82) is 0 Å². The number of benzene rings is 3. The molecule has 1 unspecified atom stereocenters. The molecule has 1 aromatic heterocycles. The van der Waals surface area contributed by atoms with Gasteiger partial charge >= 0.3 is 12.2 Å². The SMILES string of the molecule is CCC(c1nc2ccccc2c(=O)n1-c1ccccc1OC)N(CCC(C)C)C(=O)Nc1ccc(C(F)(F)F)cc1. The number of para-hydroxylation sites is 3. The first kappa shape index (κ1) is 29.6. The van der Waals surface area contributed by atoms with Gasteiger partial charge in [-0.15, -0.1) is 0 Å². The largest absolute Gasteiger partial charge is 0.495 e. The number of ether oxygens (including phenoxy) is 1. The van der Waals surface area contributed by atoms with Gasteiger partial charge in [0.1, 0.15) is 11.6 Å². The molecule has 1 N–H and O–H groups in total. The fourth-order valence-corrected chi connectivity index (χ4v) is 4.70. The number of nitrogens with one attached hydrogen (secondary N) is 1. The van der Waals surface area contributed by atoms with E-state index >= 15 is 0 Å². The number of carbonyl (C=O) groups is 1. The third kappa shape index (κ3) is 6.53. The Hall–Kier alpha value is -4.34. The Balaban J connectivity index is 1.84. The zero-order valence-corrected chi connectivity index (χ0v) is 23.4. The van der Waals surface area contributed by atoms with Crippen molar-refractivity contribution in [1.82, 2.24) is 14.5 Å². The molecule has 4 rings (SSSR count). The first-order valence-corrected chi connectivity index (χ1v) is 13.4. The fourth-order valence-electron chi connectivity index (χ4n) is 4.70. The number of aromatic nitrogens is 2. The van der Waals surface area contributed by atoms with Gasteiger partial charge in [0.25, 0.3) is 5.56 Å². The molecule has 10 heteroatoms. The van der Waals surface area contributed by atoms with E-state index in [1.165, 1.54) is 23.8 Å².